The van der Waals surface area contributed by atoms with E-state index in [2.05, 4.69) is 28.0 Å². The molecule has 4 rings (SSSR count). The van der Waals surface area contributed by atoms with Crippen LogP contribution in [0.4, 0.5) is 5.69 Å². The van der Waals surface area contributed by atoms with Crippen molar-refractivity contribution in [1.82, 2.24) is 5.43 Å². The van der Waals surface area contributed by atoms with Gasteiger partial charge in [-0.3, -0.25) is 9.59 Å². The highest BCUT2D eigenvalue weighted by Gasteiger charge is 2.43. The van der Waals surface area contributed by atoms with Crippen LogP contribution in [0, 0.1) is 5.92 Å². The lowest BCUT2D eigenvalue weighted by Gasteiger charge is -2.07. The van der Waals surface area contributed by atoms with Crippen molar-refractivity contribution in [2.75, 3.05) is 5.32 Å². The molecule has 2 atom stereocenters. The Morgan fingerprint density at radius 2 is 1.86 bits per heavy atom. The average Bonchev–Trinajstić information content (AvgIpc) is 3.36. The van der Waals surface area contributed by atoms with Gasteiger partial charge in [0, 0.05) is 11.6 Å². The molecule has 29 heavy (non-hydrogen) atoms. The molecule has 0 aliphatic heterocycles. The van der Waals surface area contributed by atoms with Crippen LogP contribution in [0.5, 0.6) is 0 Å². The zero-order chi connectivity index (χ0) is 20.2. The van der Waals surface area contributed by atoms with E-state index in [1.807, 2.05) is 60.8 Å². The van der Waals surface area contributed by atoms with Gasteiger partial charge in [-0.05, 0) is 54.0 Å². The first-order valence-corrected chi connectivity index (χ1v) is 10.3. The number of benzene rings is 2. The molecule has 0 radical (unpaired) electrons. The highest BCUT2D eigenvalue weighted by Crippen LogP contribution is 2.47. The predicted molar refractivity (Wildman–Crippen MR) is 116 cm³/mol. The molecule has 2 N–H and O–H groups in total. The second-order valence-corrected chi connectivity index (χ2v) is 7.99. The molecule has 1 aromatic heterocycles. The number of rotatable bonds is 6. The van der Waals surface area contributed by atoms with Crippen LogP contribution in [0.2, 0.25) is 0 Å². The first-order valence-electron chi connectivity index (χ1n) is 9.46. The topological polar surface area (TPSA) is 70.6 Å². The molecular formula is C23H21N3O2S. The molecule has 2 amide bonds. The Labute approximate surface area is 173 Å². The molecule has 1 aliphatic carbocycles. The Morgan fingerprint density at radius 1 is 1.03 bits per heavy atom. The van der Waals surface area contributed by atoms with Crippen LogP contribution in [-0.2, 0) is 4.79 Å². The highest BCUT2D eigenvalue weighted by molar-refractivity contribution is 7.12. The molecule has 6 heteroatoms. The Morgan fingerprint density at radius 3 is 2.62 bits per heavy atom. The number of thiophene rings is 1. The Balaban J connectivity index is 1.37. The van der Waals surface area contributed by atoms with Crippen molar-refractivity contribution in [2.45, 2.75) is 19.3 Å². The predicted octanol–water partition coefficient (Wildman–Crippen LogP) is 4.64. The van der Waals surface area contributed by atoms with Gasteiger partial charge in [-0.25, -0.2) is 5.43 Å². The number of anilines is 1. The van der Waals surface area contributed by atoms with Crippen molar-refractivity contribution >= 4 is 34.6 Å². The third-order valence-electron chi connectivity index (χ3n) is 4.97. The number of nitrogens with zero attached hydrogens (tertiary/aromatic N) is 1. The van der Waals surface area contributed by atoms with E-state index in [9.17, 15) is 9.59 Å². The minimum absolute atomic E-state index is 0.0228. The maximum Gasteiger partial charge on any atom is 0.265 e. The minimum Gasteiger partial charge on any atom is -0.321 e. The number of nitrogens with one attached hydrogen (secondary N) is 2. The zero-order valence-electron chi connectivity index (χ0n) is 16.0. The lowest BCUT2D eigenvalue weighted by atomic mass is 10.1. The Hall–Kier alpha value is -3.25. The fourth-order valence-electron chi connectivity index (χ4n) is 3.26. The van der Waals surface area contributed by atoms with Gasteiger partial charge in [-0.2, -0.15) is 5.10 Å². The molecule has 0 saturated heterocycles. The Bertz CT molecular complexity index is 1050. The summed E-state index contributed by atoms with van der Waals surface area (Å²) >= 11 is 1.40. The van der Waals surface area contributed by atoms with E-state index in [0.717, 1.165) is 12.0 Å². The molecular weight excluding hydrogens is 382 g/mol. The van der Waals surface area contributed by atoms with Gasteiger partial charge in [0.2, 0.25) is 5.91 Å². The van der Waals surface area contributed by atoms with Gasteiger partial charge < -0.3 is 5.32 Å². The molecule has 0 bridgehead atoms. The number of carbonyl (C=O) groups is 2. The third-order valence-corrected chi connectivity index (χ3v) is 5.84. The van der Waals surface area contributed by atoms with Gasteiger partial charge >= 0.3 is 0 Å². The van der Waals surface area contributed by atoms with Crippen molar-refractivity contribution in [2.24, 2.45) is 11.0 Å². The second kappa shape index (κ2) is 8.41. The lowest BCUT2D eigenvalue weighted by Crippen LogP contribution is -2.21. The summed E-state index contributed by atoms with van der Waals surface area (Å²) in [6, 6.07) is 21.1. The molecule has 0 spiro atoms. The van der Waals surface area contributed by atoms with E-state index in [1.54, 1.807) is 6.07 Å². The van der Waals surface area contributed by atoms with Crippen molar-refractivity contribution in [3.05, 3.63) is 88.1 Å². The summed E-state index contributed by atoms with van der Waals surface area (Å²) in [6.07, 6.45) is 0.856. The van der Waals surface area contributed by atoms with Gasteiger partial charge in [0.1, 0.15) is 0 Å². The molecule has 2 aromatic carbocycles. The smallest absolute Gasteiger partial charge is 0.265 e. The van der Waals surface area contributed by atoms with Crippen LogP contribution < -0.4 is 10.7 Å². The summed E-state index contributed by atoms with van der Waals surface area (Å²) in [7, 11) is 0. The molecule has 0 unspecified atom stereocenters. The summed E-state index contributed by atoms with van der Waals surface area (Å²) < 4.78 is 0. The molecule has 146 valence electrons. The number of hydrogen-bond acceptors (Lipinski definition) is 4. The summed E-state index contributed by atoms with van der Waals surface area (Å²) in [6.45, 7) is 1.84. The van der Waals surface area contributed by atoms with Crippen LogP contribution in [0.3, 0.4) is 0 Å². The first kappa shape index (κ1) is 19.1. The van der Waals surface area contributed by atoms with Gasteiger partial charge in [-0.15, -0.1) is 11.3 Å². The van der Waals surface area contributed by atoms with Crippen LogP contribution in [-0.4, -0.2) is 17.5 Å². The highest BCUT2D eigenvalue weighted by atomic mass is 32.1. The van der Waals surface area contributed by atoms with E-state index in [-0.39, 0.29) is 23.7 Å². The number of hydrazone groups is 1. The normalized spacial score (nSPS) is 18.2. The monoisotopic (exact) mass is 403 g/mol. The lowest BCUT2D eigenvalue weighted by molar-refractivity contribution is -0.122. The van der Waals surface area contributed by atoms with Crippen LogP contribution in [0.1, 0.15) is 40.1 Å². The summed E-state index contributed by atoms with van der Waals surface area (Å²) in [5.41, 5.74) is 6.09. The third kappa shape index (κ3) is 4.60. The van der Waals surface area contributed by atoms with Crippen molar-refractivity contribution in [3.8, 4) is 0 Å². The molecule has 1 aliphatic rings. The van der Waals surface area contributed by atoms with E-state index in [1.165, 1.54) is 16.9 Å². The van der Waals surface area contributed by atoms with Crippen molar-refractivity contribution in [1.29, 1.82) is 0 Å². The molecule has 5 nitrogen and oxygen atoms in total. The van der Waals surface area contributed by atoms with E-state index < -0.39 is 0 Å². The number of amides is 2. The van der Waals surface area contributed by atoms with E-state index in [0.29, 0.717) is 16.3 Å². The first-order chi connectivity index (χ1) is 14.1. The quantitative estimate of drug-likeness (QED) is 0.465. The van der Waals surface area contributed by atoms with E-state index >= 15 is 0 Å². The SMILES string of the molecule is CC(=NNC(=O)[C@@H]1C[C@H]1c1ccccc1)c1cccc(NC(=O)c2cccs2)c1. The molecule has 1 heterocycles. The Kier molecular flexibility index (Phi) is 5.53. The largest absolute Gasteiger partial charge is 0.321 e. The maximum absolute atomic E-state index is 12.4. The fraction of sp³-hybridized carbons (Fsp3) is 0.174. The maximum atomic E-state index is 12.4. The summed E-state index contributed by atoms with van der Waals surface area (Å²) in [5.74, 6) is 0.0638. The molecule has 1 fully saturated rings. The second-order valence-electron chi connectivity index (χ2n) is 7.04. The van der Waals surface area contributed by atoms with Crippen LogP contribution in [0.25, 0.3) is 0 Å². The van der Waals surface area contributed by atoms with Gasteiger partial charge in [-0.1, -0.05) is 48.5 Å². The zero-order valence-corrected chi connectivity index (χ0v) is 16.8. The summed E-state index contributed by atoms with van der Waals surface area (Å²) in [5, 5.41) is 9.01. The van der Waals surface area contributed by atoms with Crippen molar-refractivity contribution < 1.29 is 9.59 Å². The fourth-order valence-corrected chi connectivity index (χ4v) is 3.88. The van der Waals surface area contributed by atoms with Gasteiger partial charge in [0.05, 0.1) is 10.6 Å². The molecule has 3 aromatic rings. The average molecular weight is 404 g/mol. The standard InChI is InChI=1S/C23H21N3O2S/c1-15(25-26-22(27)20-14-19(20)16-7-3-2-4-8-16)17-9-5-10-18(13-17)24-23(28)21-11-6-12-29-21/h2-13,19-20H,14H2,1H3,(H,24,28)(H,26,27)/t19-,20+/m0/s1. The number of hydrogen-bond donors (Lipinski definition) is 2. The van der Waals surface area contributed by atoms with Crippen molar-refractivity contribution in [3.63, 3.8) is 0 Å². The number of carbonyl (C=O) groups excluding carboxylic acids is 2. The van der Waals surface area contributed by atoms with Crippen LogP contribution in [0.15, 0.2) is 77.2 Å². The van der Waals surface area contributed by atoms with Crippen LogP contribution >= 0.6 is 11.3 Å². The van der Waals surface area contributed by atoms with Gasteiger partial charge in [0.25, 0.3) is 5.91 Å². The van der Waals surface area contributed by atoms with Gasteiger partial charge in [0.15, 0.2) is 0 Å². The minimum atomic E-state index is -0.138. The summed E-state index contributed by atoms with van der Waals surface area (Å²) in [4.78, 5) is 25.3. The molecule has 1 saturated carbocycles. The van der Waals surface area contributed by atoms with E-state index in [4.69, 9.17) is 0 Å².